The van der Waals surface area contributed by atoms with Crippen molar-refractivity contribution in [3.63, 3.8) is 0 Å². The Bertz CT molecular complexity index is 612. The number of phenols is 1. The number of nitrogens with zero attached hydrogens (tertiary/aromatic N) is 1. The van der Waals surface area contributed by atoms with Gasteiger partial charge in [0.05, 0.1) is 5.56 Å². The van der Waals surface area contributed by atoms with Crippen molar-refractivity contribution < 1.29 is 9.84 Å². The minimum Gasteiger partial charge on any atom is -0.508 e. The minimum absolute atomic E-state index is 0.165. The number of halogens is 1. The molecule has 0 radical (unpaired) electrons. The van der Waals surface area contributed by atoms with Gasteiger partial charge in [-0.3, -0.25) is 0 Å². The highest BCUT2D eigenvalue weighted by atomic mass is 79.9. The standard InChI is InChI=1S/C14H10BrNO2/c1-9-4-11(17)6-13(5-9)18-12-3-2-10(8-16)14(15)7-12/h2-7,17H,1H3. The fourth-order valence-corrected chi connectivity index (χ4v) is 2.02. The lowest BCUT2D eigenvalue weighted by atomic mass is 10.2. The van der Waals surface area contributed by atoms with Crippen molar-refractivity contribution in [3.05, 3.63) is 52.0 Å². The van der Waals surface area contributed by atoms with Crippen LogP contribution in [-0.2, 0) is 0 Å². The van der Waals surface area contributed by atoms with Crippen molar-refractivity contribution in [2.24, 2.45) is 0 Å². The second-order valence-corrected chi connectivity index (χ2v) is 4.71. The van der Waals surface area contributed by atoms with Crippen LogP contribution in [0.2, 0.25) is 0 Å². The molecule has 4 heteroatoms. The molecule has 0 saturated heterocycles. The van der Waals surface area contributed by atoms with Crippen LogP contribution in [0.4, 0.5) is 0 Å². The minimum atomic E-state index is 0.165. The maximum absolute atomic E-state index is 9.48. The van der Waals surface area contributed by atoms with Crippen LogP contribution >= 0.6 is 15.9 Å². The van der Waals surface area contributed by atoms with Gasteiger partial charge in [0.1, 0.15) is 23.3 Å². The molecule has 2 rings (SSSR count). The van der Waals surface area contributed by atoms with E-state index >= 15 is 0 Å². The van der Waals surface area contributed by atoms with Crippen LogP contribution in [0, 0.1) is 18.3 Å². The molecule has 0 bridgehead atoms. The summed E-state index contributed by atoms with van der Waals surface area (Å²) in [6.07, 6.45) is 0. The molecule has 0 atom stereocenters. The molecule has 18 heavy (non-hydrogen) atoms. The van der Waals surface area contributed by atoms with E-state index in [1.807, 2.05) is 13.0 Å². The molecule has 0 fully saturated rings. The van der Waals surface area contributed by atoms with Gasteiger partial charge >= 0.3 is 0 Å². The molecule has 0 aliphatic rings. The van der Waals surface area contributed by atoms with E-state index in [4.69, 9.17) is 10.00 Å². The Morgan fingerprint density at radius 1 is 1.17 bits per heavy atom. The second kappa shape index (κ2) is 5.11. The average molecular weight is 304 g/mol. The SMILES string of the molecule is Cc1cc(O)cc(Oc2ccc(C#N)c(Br)c2)c1. The molecule has 2 aromatic carbocycles. The van der Waals surface area contributed by atoms with Crippen LogP contribution in [-0.4, -0.2) is 5.11 Å². The van der Waals surface area contributed by atoms with Crippen LogP contribution in [0.3, 0.4) is 0 Å². The van der Waals surface area contributed by atoms with E-state index in [1.54, 1.807) is 30.3 Å². The summed E-state index contributed by atoms with van der Waals surface area (Å²) in [6, 6.07) is 12.2. The lowest BCUT2D eigenvalue weighted by molar-refractivity contribution is 0.454. The Hall–Kier alpha value is -1.99. The first kappa shape index (κ1) is 12.5. The highest BCUT2D eigenvalue weighted by molar-refractivity contribution is 9.10. The Morgan fingerprint density at radius 3 is 2.56 bits per heavy atom. The molecule has 0 aromatic heterocycles. The van der Waals surface area contributed by atoms with Crippen molar-refractivity contribution >= 4 is 15.9 Å². The summed E-state index contributed by atoms with van der Waals surface area (Å²) >= 11 is 3.30. The third-order valence-corrected chi connectivity index (χ3v) is 2.99. The van der Waals surface area contributed by atoms with Crippen LogP contribution in [0.15, 0.2) is 40.9 Å². The van der Waals surface area contributed by atoms with Crippen molar-refractivity contribution in [2.75, 3.05) is 0 Å². The Labute approximate surface area is 113 Å². The van der Waals surface area contributed by atoms with E-state index < -0.39 is 0 Å². The van der Waals surface area contributed by atoms with Crippen LogP contribution in [0.1, 0.15) is 11.1 Å². The van der Waals surface area contributed by atoms with E-state index in [0.717, 1.165) is 5.56 Å². The van der Waals surface area contributed by atoms with Gasteiger partial charge in [0.15, 0.2) is 0 Å². The van der Waals surface area contributed by atoms with Gasteiger partial charge in [0.2, 0.25) is 0 Å². The molecule has 2 aromatic rings. The van der Waals surface area contributed by atoms with E-state index in [-0.39, 0.29) is 5.75 Å². The largest absolute Gasteiger partial charge is 0.508 e. The van der Waals surface area contributed by atoms with Gasteiger partial charge in [-0.1, -0.05) is 0 Å². The van der Waals surface area contributed by atoms with E-state index in [9.17, 15) is 5.11 Å². The Balaban J connectivity index is 2.29. The number of aryl methyl sites for hydroxylation is 1. The molecular weight excluding hydrogens is 294 g/mol. The quantitative estimate of drug-likeness (QED) is 0.907. The van der Waals surface area contributed by atoms with Crippen LogP contribution < -0.4 is 4.74 Å². The average Bonchev–Trinajstić information content (AvgIpc) is 2.27. The summed E-state index contributed by atoms with van der Waals surface area (Å²) in [5.74, 6) is 1.33. The fourth-order valence-electron chi connectivity index (χ4n) is 1.57. The van der Waals surface area contributed by atoms with Gasteiger partial charge in [-0.05, 0) is 58.7 Å². The molecule has 0 aliphatic carbocycles. The van der Waals surface area contributed by atoms with Crippen LogP contribution in [0.25, 0.3) is 0 Å². The Morgan fingerprint density at radius 2 is 1.94 bits per heavy atom. The van der Waals surface area contributed by atoms with Gasteiger partial charge in [-0.2, -0.15) is 5.26 Å². The first-order chi connectivity index (χ1) is 8.58. The van der Waals surface area contributed by atoms with Crippen LogP contribution in [0.5, 0.6) is 17.2 Å². The number of phenolic OH excluding ortho intramolecular Hbond substituents is 1. The molecule has 3 nitrogen and oxygen atoms in total. The number of rotatable bonds is 2. The highest BCUT2D eigenvalue weighted by Crippen LogP contribution is 2.29. The number of ether oxygens (including phenoxy) is 1. The normalized spacial score (nSPS) is 9.83. The van der Waals surface area contributed by atoms with Crippen molar-refractivity contribution in [1.29, 1.82) is 5.26 Å². The van der Waals surface area contributed by atoms with Crippen molar-refractivity contribution in [3.8, 4) is 23.3 Å². The molecule has 0 heterocycles. The number of nitriles is 1. The van der Waals surface area contributed by atoms with E-state index in [2.05, 4.69) is 22.0 Å². The van der Waals surface area contributed by atoms with Crippen molar-refractivity contribution in [2.45, 2.75) is 6.92 Å². The molecule has 1 N–H and O–H groups in total. The maximum atomic E-state index is 9.48. The summed E-state index contributed by atoms with van der Waals surface area (Å²) in [4.78, 5) is 0. The van der Waals surface area contributed by atoms with Gasteiger partial charge in [-0.25, -0.2) is 0 Å². The monoisotopic (exact) mass is 303 g/mol. The van der Waals surface area contributed by atoms with Gasteiger partial charge in [0.25, 0.3) is 0 Å². The first-order valence-electron chi connectivity index (χ1n) is 5.26. The number of hydrogen-bond acceptors (Lipinski definition) is 3. The van der Waals surface area contributed by atoms with Crippen molar-refractivity contribution in [1.82, 2.24) is 0 Å². The highest BCUT2D eigenvalue weighted by Gasteiger charge is 2.04. The third-order valence-electron chi connectivity index (χ3n) is 2.33. The zero-order chi connectivity index (χ0) is 13.1. The Kier molecular flexibility index (Phi) is 3.54. The molecule has 0 unspecified atom stereocenters. The third kappa shape index (κ3) is 2.82. The molecule has 0 amide bonds. The maximum Gasteiger partial charge on any atom is 0.131 e. The summed E-state index contributed by atoms with van der Waals surface area (Å²) in [6.45, 7) is 1.88. The van der Waals surface area contributed by atoms with E-state index in [0.29, 0.717) is 21.5 Å². The zero-order valence-electron chi connectivity index (χ0n) is 9.64. The molecular formula is C14H10BrNO2. The number of hydrogen-bond donors (Lipinski definition) is 1. The summed E-state index contributed by atoms with van der Waals surface area (Å²) in [7, 11) is 0. The predicted molar refractivity (Wildman–Crippen MR) is 71.8 cm³/mol. The van der Waals surface area contributed by atoms with Gasteiger partial charge in [0, 0.05) is 10.5 Å². The predicted octanol–water partition coefficient (Wildman–Crippen LogP) is 4.13. The smallest absolute Gasteiger partial charge is 0.131 e. The van der Waals surface area contributed by atoms with Gasteiger partial charge < -0.3 is 9.84 Å². The summed E-state index contributed by atoms with van der Waals surface area (Å²) in [5.41, 5.74) is 1.46. The molecule has 0 saturated carbocycles. The first-order valence-corrected chi connectivity index (χ1v) is 6.06. The summed E-state index contributed by atoms with van der Waals surface area (Å²) in [5, 5.41) is 18.3. The number of benzene rings is 2. The second-order valence-electron chi connectivity index (χ2n) is 3.86. The summed E-state index contributed by atoms with van der Waals surface area (Å²) < 4.78 is 6.30. The number of aromatic hydroxyl groups is 1. The van der Waals surface area contributed by atoms with Gasteiger partial charge in [-0.15, -0.1) is 0 Å². The van der Waals surface area contributed by atoms with E-state index in [1.165, 1.54) is 0 Å². The molecule has 0 aliphatic heterocycles. The lowest BCUT2D eigenvalue weighted by Crippen LogP contribution is -1.86. The fraction of sp³-hybridized carbons (Fsp3) is 0.0714. The lowest BCUT2D eigenvalue weighted by Gasteiger charge is -2.08. The topological polar surface area (TPSA) is 53.2 Å². The molecule has 90 valence electrons. The molecule has 0 spiro atoms. The zero-order valence-corrected chi connectivity index (χ0v) is 11.2.